The van der Waals surface area contributed by atoms with Crippen molar-refractivity contribution in [2.75, 3.05) is 0 Å². The van der Waals surface area contributed by atoms with E-state index in [1.54, 1.807) is 6.20 Å². The van der Waals surface area contributed by atoms with Crippen molar-refractivity contribution in [3.63, 3.8) is 0 Å². The lowest BCUT2D eigenvalue weighted by molar-refractivity contribution is 0.453. The first kappa shape index (κ1) is 13.1. The van der Waals surface area contributed by atoms with Gasteiger partial charge in [-0.3, -0.25) is 0 Å². The topological polar surface area (TPSA) is 48.1 Å². The maximum atomic E-state index is 5.83. The Balaban J connectivity index is 2.37. The van der Waals surface area contributed by atoms with Gasteiger partial charge in [0.1, 0.15) is 5.75 Å². The molecule has 0 saturated heterocycles. The van der Waals surface area contributed by atoms with Gasteiger partial charge < -0.3 is 10.5 Å². The number of benzene rings is 1. The van der Waals surface area contributed by atoms with E-state index in [1.807, 2.05) is 38.1 Å². The van der Waals surface area contributed by atoms with Gasteiger partial charge in [0.05, 0.1) is 4.47 Å². The number of ether oxygens (including phenoxy) is 1. The molecule has 0 aliphatic heterocycles. The lowest BCUT2D eigenvalue weighted by Crippen LogP contribution is -2.03. The van der Waals surface area contributed by atoms with Crippen molar-refractivity contribution in [3.8, 4) is 11.6 Å². The zero-order valence-electron chi connectivity index (χ0n) is 10.4. The van der Waals surface area contributed by atoms with Gasteiger partial charge in [-0.2, -0.15) is 0 Å². The van der Waals surface area contributed by atoms with Gasteiger partial charge in [-0.05, 0) is 59.1 Å². The summed E-state index contributed by atoms with van der Waals surface area (Å²) < 4.78 is 6.74. The largest absolute Gasteiger partial charge is 0.437 e. The average Bonchev–Trinajstić information content (AvgIpc) is 2.33. The normalized spacial score (nSPS) is 10.4. The van der Waals surface area contributed by atoms with Crippen LogP contribution < -0.4 is 10.5 Å². The Morgan fingerprint density at radius 3 is 2.72 bits per heavy atom. The summed E-state index contributed by atoms with van der Waals surface area (Å²) in [5.41, 5.74) is 8.93. The van der Waals surface area contributed by atoms with Crippen LogP contribution in [0.5, 0.6) is 11.6 Å². The van der Waals surface area contributed by atoms with E-state index in [1.165, 1.54) is 5.56 Å². The molecule has 3 nitrogen and oxygen atoms in total. The van der Waals surface area contributed by atoms with Gasteiger partial charge in [0.25, 0.3) is 0 Å². The molecule has 94 valence electrons. The number of pyridine rings is 1. The van der Waals surface area contributed by atoms with Crippen molar-refractivity contribution < 1.29 is 4.74 Å². The van der Waals surface area contributed by atoms with Crippen molar-refractivity contribution in [2.24, 2.45) is 5.73 Å². The van der Waals surface area contributed by atoms with E-state index >= 15 is 0 Å². The maximum Gasteiger partial charge on any atom is 0.224 e. The van der Waals surface area contributed by atoms with Gasteiger partial charge in [-0.15, -0.1) is 0 Å². The van der Waals surface area contributed by atoms with Crippen molar-refractivity contribution in [1.82, 2.24) is 4.98 Å². The van der Waals surface area contributed by atoms with Crippen molar-refractivity contribution >= 4 is 15.9 Å². The van der Waals surface area contributed by atoms with Crippen molar-refractivity contribution in [2.45, 2.75) is 20.4 Å². The molecule has 0 amide bonds. The molecule has 4 heteroatoms. The molecule has 2 N–H and O–H groups in total. The van der Waals surface area contributed by atoms with Crippen LogP contribution in [0.1, 0.15) is 16.7 Å². The molecule has 0 spiro atoms. The standard InChI is InChI=1S/C14H15BrN2O/c1-9-3-4-13(12(15)7-9)18-14-11(8-16)10(2)5-6-17-14/h3-7H,8,16H2,1-2H3. The Hall–Kier alpha value is -1.39. The first-order valence-corrected chi connectivity index (χ1v) is 6.49. The van der Waals surface area contributed by atoms with Crippen molar-refractivity contribution in [1.29, 1.82) is 0 Å². The van der Waals surface area contributed by atoms with Crippen LogP contribution in [0.3, 0.4) is 0 Å². The Morgan fingerprint density at radius 1 is 1.28 bits per heavy atom. The number of rotatable bonds is 3. The molecule has 1 aromatic carbocycles. The van der Waals surface area contributed by atoms with E-state index in [4.69, 9.17) is 10.5 Å². The van der Waals surface area contributed by atoms with Crippen LogP contribution in [-0.2, 0) is 6.54 Å². The molecule has 0 aliphatic carbocycles. The molecule has 0 fully saturated rings. The minimum Gasteiger partial charge on any atom is -0.437 e. The van der Waals surface area contributed by atoms with E-state index in [0.717, 1.165) is 21.3 Å². The van der Waals surface area contributed by atoms with Crippen LogP contribution in [-0.4, -0.2) is 4.98 Å². The van der Waals surface area contributed by atoms with Crippen molar-refractivity contribution in [3.05, 3.63) is 51.6 Å². The fourth-order valence-corrected chi connectivity index (χ4v) is 2.27. The molecular formula is C14H15BrN2O. The zero-order chi connectivity index (χ0) is 13.1. The summed E-state index contributed by atoms with van der Waals surface area (Å²) in [5.74, 6) is 1.32. The quantitative estimate of drug-likeness (QED) is 0.940. The van der Waals surface area contributed by atoms with Crippen LogP contribution in [0.25, 0.3) is 0 Å². The molecule has 1 heterocycles. The molecule has 2 rings (SSSR count). The van der Waals surface area contributed by atoms with Gasteiger partial charge in [0.2, 0.25) is 5.88 Å². The molecular weight excluding hydrogens is 292 g/mol. The molecule has 1 aromatic heterocycles. The van der Waals surface area contributed by atoms with E-state index in [0.29, 0.717) is 12.4 Å². The Morgan fingerprint density at radius 2 is 2.06 bits per heavy atom. The highest BCUT2D eigenvalue weighted by atomic mass is 79.9. The maximum absolute atomic E-state index is 5.83. The minimum absolute atomic E-state index is 0.415. The predicted molar refractivity (Wildman–Crippen MR) is 75.8 cm³/mol. The van der Waals surface area contributed by atoms with Crippen LogP contribution in [0, 0.1) is 13.8 Å². The lowest BCUT2D eigenvalue weighted by atomic mass is 10.1. The van der Waals surface area contributed by atoms with E-state index in [9.17, 15) is 0 Å². The molecule has 0 unspecified atom stereocenters. The number of aromatic nitrogens is 1. The van der Waals surface area contributed by atoms with Gasteiger partial charge in [0.15, 0.2) is 0 Å². The number of nitrogens with zero attached hydrogens (tertiary/aromatic N) is 1. The van der Waals surface area contributed by atoms with Gasteiger partial charge >= 0.3 is 0 Å². The Kier molecular flexibility index (Phi) is 3.99. The number of nitrogens with two attached hydrogens (primary N) is 1. The minimum atomic E-state index is 0.415. The summed E-state index contributed by atoms with van der Waals surface area (Å²) in [7, 11) is 0. The molecule has 0 saturated carbocycles. The van der Waals surface area contributed by atoms with Crippen LogP contribution in [0.15, 0.2) is 34.9 Å². The third-order valence-electron chi connectivity index (χ3n) is 2.75. The zero-order valence-corrected chi connectivity index (χ0v) is 12.0. The number of halogens is 1. The Labute approximate surface area is 115 Å². The third-order valence-corrected chi connectivity index (χ3v) is 3.37. The van der Waals surface area contributed by atoms with E-state index in [-0.39, 0.29) is 0 Å². The summed E-state index contributed by atoms with van der Waals surface area (Å²) in [6, 6.07) is 7.86. The lowest BCUT2D eigenvalue weighted by Gasteiger charge is -2.12. The average molecular weight is 307 g/mol. The first-order chi connectivity index (χ1) is 8.61. The Bertz CT molecular complexity index is 570. The monoisotopic (exact) mass is 306 g/mol. The highest BCUT2D eigenvalue weighted by Crippen LogP contribution is 2.31. The summed E-state index contributed by atoms with van der Waals surface area (Å²) in [6.45, 7) is 4.45. The summed E-state index contributed by atoms with van der Waals surface area (Å²) in [4.78, 5) is 4.25. The predicted octanol–water partition coefficient (Wildman–Crippen LogP) is 3.71. The first-order valence-electron chi connectivity index (χ1n) is 5.70. The molecule has 2 aromatic rings. The van der Waals surface area contributed by atoms with Crippen LogP contribution in [0.4, 0.5) is 0 Å². The second-order valence-electron chi connectivity index (χ2n) is 4.15. The smallest absolute Gasteiger partial charge is 0.224 e. The molecule has 0 bridgehead atoms. The summed E-state index contributed by atoms with van der Waals surface area (Å²) in [5, 5.41) is 0. The van der Waals surface area contributed by atoms with E-state index < -0.39 is 0 Å². The second kappa shape index (κ2) is 5.50. The number of hydrogen-bond acceptors (Lipinski definition) is 3. The van der Waals surface area contributed by atoms with E-state index in [2.05, 4.69) is 20.9 Å². The molecule has 18 heavy (non-hydrogen) atoms. The van der Waals surface area contributed by atoms with Crippen LogP contribution >= 0.6 is 15.9 Å². The SMILES string of the molecule is Cc1ccc(Oc2nccc(C)c2CN)c(Br)c1. The third kappa shape index (κ3) is 2.71. The molecule has 0 aliphatic rings. The summed E-state index contributed by atoms with van der Waals surface area (Å²) in [6.07, 6.45) is 1.73. The fourth-order valence-electron chi connectivity index (χ4n) is 1.69. The highest BCUT2D eigenvalue weighted by Gasteiger charge is 2.09. The fraction of sp³-hybridized carbons (Fsp3) is 0.214. The van der Waals surface area contributed by atoms with Gasteiger partial charge in [-0.1, -0.05) is 6.07 Å². The van der Waals surface area contributed by atoms with Gasteiger partial charge in [0, 0.05) is 18.3 Å². The second-order valence-corrected chi connectivity index (χ2v) is 5.01. The van der Waals surface area contributed by atoms with Gasteiger partial charge in [-0.25, -0.2) is 4.98 Å². The molecule has 0 radical (unpaired) electrons. The number of aryl methyl sites for hydroxylation is 2. The highest BCUT2D eigenvalue weighted by molar-refractivity contribution is 9.10. The number of hydrogen-bond donors (Lipinski definition) is 1. The summed E-state index contributed by atoms with van der Waals surface area (Å²) >= 11 is 3.49. The molecule has 0 atom stereocenters. The van der Waals surface area contributed by atoms with Crippen LogP contribution in [0.2, 0.25) is 0 Å².